The number of ether oxygens (including phenoxy) is 1. The molecule has 1 unspecified atom stereocenters. The Morgan fingerprint density at radius 1 is 1.62 bits per heavy atom. The van der Waals surface area contributed by atoms with Crippen LogP contribution in [0.25, 0.3) is 0 Å². The molecule has 0 saturated carbocycles. The molecule has 0 aliphatic carbocycles. The largest absolute Gasteiger partial charge is 0.381 e. The Kier molecular flexibility index (Phi) is 4.18. The second-order valence-electron chi connectivity index (χ2n) is 3.51. The van der Waals surface area contributed by atoms with Crippen LogP contribution in [0.3, 0.4) is 0 Å². The van der Waals surface area contributed by atoms with Crippen molar-refractivity contribution in [1.82, 2.24) is 5.32 Å². The first-order valence-corrected chi connectivity index (χ1v) is 4.81. The Balaban J connectivity index is 2.28. The third-order valence-corrected chi connectivity index (χ3v) is 2.55. The van der Waals surface area contributed by atoms with Crippen molar-refractivity contribution in [2.75, 3.05) is 19.8 Å². The summed E-state index contributed by atoms with van der Waals surface area (Å²) in [5.74, 6) is 0.475. The van der Waals surface area contributed by atoms with Crippen molar-refractivity contribution in [1.29, 1.82) is 0 Å². The van der Waals surface area contributed by atoms with Gasteiger partial charge in [-0.15, -0.1) is 0 Å². The number of hydrogen-bond donors (Lipinski definition) is 2. The average Bonchev–Trinajstić information content (AvgIpc) is 2.19. The molecule has 4 heteroatoms. The average molecular weight is 186 g/mol. The van der Waals surface area contributed by atoms with Crippen LogP contribution in [-0.2, 0) is 9.53 Å². The van der Waals surface area contributed by atoms with Crippen LogP contribution in [0.15, 0.2) is 0 Å². The predicted octanol–water partition coefficient (Wildman–Crippen LogP) is -0.124. The molecule has 1 aliphatic rings. The van der Waals surface area contributed by atoms with E-state index in [9.17, 15) is 4.79 Å². The van der Waals surface area contributed by atoms with Crippen molar-refractivity contribution < 1.29 is 9.53 Å². The first-order valence-electron chi connectivity index (χ1n) is 4.81. The van der Waals surface area contributed by atoms with Gasteiger partial charge in [0.15, 0.2) is 0 Å². The normalized spacial score (nSPS) is 21.1. The summed E-state index contributed by atoms with van der Waals surface area (Å²) in [5.41, 5.74) is 5.21. The van der Waals surface area contributed by atoms with E-state index in [2.05, 4.69) is 5.32 Å². The van der Waals surface area contributed by atoms with Crippen molar-refractivity contribution >= 4 is 5.91 Å². The molecule has 1 saturated heterocycles. The molecule has 1 amide bonds. The summed E-state index contributed by atoms with van der Waals surface area (Å²) in [7, 11) is 0. The van der Waals surface area contributed by atoms with Crippen molar-refractivity contribution in [3.63, 3.8) is 0 Å². The standard InChI is InChI=1S/C9H18N2O2/c1-7(11-9(12)6-10)8-2-4-13-5-3-8/h7-8H,2-6,10H2,1H3,(H,11,12). The molecule has 0 spiro atoms. The van der Waals surface area contributed by atoms with Gasteiger partial charge >= 0.3 is 0 Å². The Hall–Kier alpha value is -0.610. The zero-order valence-electron chi connectivity index (χ0n) is 8.08. The highest BCUT2D eigenvalue weighted by Crippen LogP contribution is 2.18. The second kappa shape index (κ2) is 5.19. The Bertz CT molecular complexity index is 167. The zero-order chi connectivity index (χ0) is 9.68. The second-order valence-corrected chi connectivity index (χ2v) is 3.51. The molecule has 1 fully saturated rings. The van der Waals surface area contributed by atoms with E-state index >= 15 is 0 Å². The van der Waals surface area contributed by atoms with Gasteiger partial charge in [-0.1, -0.05) is 0 Å². The lowest BCUT2D eigenvalue weighted by atomic mass is 9.93. The summed E-state index contributed by atoms with van der Waals surface area (Å²) in [6.07, 6.45) is 2.07. The van der Waals surface area contributed by atoms with Gasteiger partial charge < -0.3 is 15.8 Å². The van der Waals surface area contributed by atoms with E-state index in [-0.39, 0.29) is 18.5 Å². The lowest BCUT2D eigenvalue weighted by molar-refractivity contribution is -0.120. The molecular formula is C9H18N2O2. The maximum absolute atomic E-state index is 11.0. The van der Waals surface area contributed by atoms with Crippen LogP contribution in [0.2, 0.25) is 0 Å². The van der Waals surface area contributed by atoms with Gasteiger partial charge in [0.05, 0.1) is 6.54 Å². The topological polar surface area (TPSA) is 64.4 Å². The van der Waals surface area contributed by atoms with Gasteiger partial charge in [-0.05, 0) is 25.7 Å². The number of rotatable bonds is 3. The fraction of sp³-hybridized carbons (Fsp3) is 0.889. The third kappa shape index (κ3) is 3.32. The minimum atomic E-state index is -0.0704. The van der Waals surface area contributed by atoms with Gasteiger partial charge in [0.2, 0.25) is 5.91 Å². The maximum atomic E-state index is 11.0. The lowest BCUT2D eigenvalue weighted by Crippen LogP contribution is -2.42. The van der Waals surface area contributed by atoms with Crippen LogP contribution in [0, 0.1) is 5.92 Å². The Morgan fingerprint density at radius 3 is 2.77 bits per heavy atom. The van der Waals surface area contributed by atoms with E-state index in [4.69, 9.17) is 10.5 Å². The van der Waals surface area contributed by atoms with Crippen LogP contribution in [0.4, 0.5) is 0 Å². The first kappa shape index (κ1) is 10.5. The summed E-state index contributed by atoms with van der Waals surface area (Å²) in [5, 5.41) is 2.88. The number of carbonyl (C=O) groups is 1. The minimum absolute atomic E-state index is 0.0704. The molecule has 13 heavy (non-hydrogen) atoms. The highest BCUT2D eigenvalue weighted by molar-refractivity contribution is 5.78. The van der Waals surface area contributed by atoms with Crippen molar-refractivity contribution in [2.45, 2.75) is 25.8 Å². The molecule has 3 N–H and O–H groups in total. The summed E-state index contributed by atoms with van der Waals surface area (Å²) in [6.45, 7) is 3.73. The molecule has 1 heterocycles. The van der Waals surface area contributed by atoms with Gasteiger partial charge in [-0.25, -0.2) is 0 Å². The highest BCUT2D eigenvalue weighted by Gasteiger charge is 2.21. The number of nitrogens with one attached hydrogen (secondary N) is 1. The van der Waals surface area contributed by atoms with E-state index in [1.807, 2.05) is 6.92 Å². The molecule has 0 radical (unpaired) electrons. The number of hydrogen-bond acceptors (Lipinski definition) is 3. The van der Waals surface area contributed by atoms with Crippen molar-refractivity contribution in [2.24, 2.45) is 11.7 Å². The number of amides is 1. The fourth-order valence-electron chi connectivity index (χ4n) is 1.65. The van der Waals surface area contributed by atoms with Gasteiger partial charge in [-0.2, -0.15) is 0 Å². The van der Waals surface area contributed by atoms with Gasteiger partial charge in [0, 0.05) is 19.3 Å². The molecule has 4 nitrogen and oxygen atoms in total. The van der Waals surface area contributed by atoms with E-state index in [1.165, 1.54) is 0 Å². The van der Waals surface area contributed by atoms with Gasteiger partial charge in [-0.3, -0.25) is 4.79 Å². The molecular weight excluding hydrogens is 168 g/mol. The molecule has 76 valence electrons. The zero-order valence-corrected chi connectivity index (χ0v) is 8.08. The van der Waals surface area contributed by atoms with Crippen molar-refractivity contribution in [3.8, 4) is 0 Å². The highest BCUT2D eigenvalue weighted by atomic mass is 16.5. The SMILES string of the molecule is CC(NC(=O)CN)C1CCOCC1. The number of nitrogens with two attached hydrogens (primary N) is 1. The molecule has 0 aromatic carbocycles. The summed E-state index contributed by atoms with van der Waals surface area (Å²) >= 11 is 0. The van der Waals surface area contributed by atoms with E-state index < -0.39 is 0 Å². The van der Waals surface area contributed by atoms with Crippen LogP contribution in [-0.4, -0.2) is 31.7 Å². The summed E-state index contributed by atoms with van der Waals surface area (Å²) in [4.78, 5) is 11.0. The quantitative estimate of drug-likeness (QED) is 0.645. The van der Waals surface area contributed by atoms with Crippen LogP contribution in [0.5, 0.6) is 0 Å². The molecule has 0 aromatic heterocycles. The Morgan fingerprint density at radius 2 is 2.23 bits per heavy atom. The monoisotopic (exact) mass is 186 g/mol. The number of carbonyl (C=O) groups excluding carboxylic acids is 1. The van der Waals surface area contributed by atoms with Gasteiger partial charge in [0.1, 0.15) is 0 Å². The first-order chi connectivity index (χ1) is 6.24. The maximum Gasteiger partial charge on any atom is 0.233 e. The third-order valence-electron chi connectivity index (χ3n) is 2.55. The van der Waals surface area contributed by atoms with Crippen molar-refractivity contribution in [3.05, 3.63) is 0 Å². The smallest absolute Gasteiger partial charge is 0.233 e. The molecule has 1 aliphatic heterocycles. The summed E-state index contributed by atoms with van der Waals surface area (Å²) < 4.78 is 5.24. The van der Waals surface area contributed by atoms with Crippen LogP contribution < -0.4 is 11.1 Å². The molecule has 1 atom stereocenters. The lowest BCUT2D eigenvalue weighted by Gasteiger charge is -2.28. The van der Waals surface area contributed by atoms with Gasteiger partial charge in [0.25, 0.3) is 0 Å². The van der Waals surface area contributed by atoms with E-state index in [1.54, 1.807) is 0 Å². The minimum Gasteiger partial charge on any atom is -0.381 e. The van der Waals surface area contributed by atoms with E-state index in [0.29, 0.717) is 5.92 Å². The fourth-order valence-corrected chi connectivity index (χ4v) is 1.65. The molecule has 1 rings (SSSR count). The van der Waals surface area contributed by atoms with Crippen LogP contribution in [0.1, 0.15) is 19.8 Å². The molecule has 0 aromatic rings. The Labute approximate surface area is 78.8 Å². The van der Waals surface area contributed by atoms with E-state index in [0.717, 1.165) is 26.1 Å². The van der Waals surface area contributed by atoms with Crippen LogP contribution >= 0.6 is 0 Å². The summed E-state index contributed by atoms with van der Waals surface area (Å²) in [6, 6.07) is 0.222. The predicted molar refractivity (Wildman–Crippen MR) is 50.2 cm³/mol. The molecule has 0 bridgehead atoms.